The molecule has 2 aromatic rings. The molecular formula is C30H36N2O4. The van der Waals surface area contributed by atoms with Crippen LogP contribution in [0.3, 0.4) is 0 Å². The summed E-state index contributed by atoms with van der Waals surface area (Å²) < 4.78 is 17.5. The lowest BCUT2D eigenvalue weighted by molar-refractivity contribution is -0.122. The molecule has 2 heterocycles. The van der Waals surface area contributed by atoms with Crippen LogP contribution in [0.5, 0.6) is 17.2 Å². The van der Waals surface area contributed by atoms with E-state index in [-0.39, 0.29) is 23.8 Å². The smallest absolute Gasteiger partial charge is 0.220 e. The lowest BCUT2D eigenvalue weighted by Crippen LogP contribution is -2.45. The van der Waals surface area contributed by atoms with Crippen LogP contribution in [-0.2, 0) is 11.2 Å². The largest absolute Gasteiger partial charge is 0.486 e. The number of fused-ring (bicyclic) bond motifs is 1. The molecule has 1 N–H and O–H groups in total. The van der Waals surface area contributed by atoms with Crippen LogP contribution in [0.2, 0.25) is 0 Å². The summed E-state index contributed by atoms with van der Waals surface area (Å²) in [6.07, 6.45) is 9.88. The average molecular weight is 489 g/mol. The molecule has 5 rings (SSSR count). The number of nitrogens with one attached hydrogen (secondary N) is 1. The van der Waals surface area contributed by atoms with Crippen molar-refractivity contribution >= 4 is 5.91 Å². The maximum absolute atomic E-state index is 13.3. The van der Waals surface area contributed by atoms with Crippen LogP contribution in [-0.4, -0.2) is 49.7 Å². The van der Waals surface area contributed by atoms with E-state index in [4.69, 9.17) is 14.2 Å². The molecule has 1 amide bonds. The number of para-hydroxylation sites is 1. The molecule has 3 atom stereocenters. The van der Waals surface area contributed by atoms with Gasteiger partial charge in [-0.3, -0.25) is 4.79 Å². The van der Waals surface area contributed by atoms with E-state index in [1.54, 1.807) is 0 Å². The molecule has 2 aliphatic heterocycles. The summed E-state index contributed by atoms with van der Waals surface area (Å²) in [5.74, 6) is 3.63. The second-order valence-electron chi connectivity index (χ2n) is 10.0. The Kier molecular flexibility index (Phi) is 7.91. The molecule has 190 valence electrons. The fourth-order valence-corrected chi connectivity index (χ4v) is 5.18. The SMILES string of the molecule is CC1C=CC(Oc2ccccc2)=CC1CC(=O)N[C@@H](Cc1ccc2c(c1)OCCO2)CN1CCCC1. The number of nitrogens with zero attached hydrogens (tertiary/aromatic N) is 1. The van der Waals surface area contributed by atoms with Crippen molar-refractivity contribution < 1.29 is 19.0 Å². The summed E-state index contributed by atoms with van der Waals surface area (Å²) >= 11 is 0. The van der Waals surface area contributed by atoms with Crippen LogP contribution >= 0.6 is 0 Å². The zero-order valence-corrected chi connectivity index (χ0v) is 21.0. The number of rotatable bonds is 9. The van der Waals surface area contributed by atoms with Crippen LogP contribution in [0.15, 0.2) is 72.5 Å². The van der Waals surface area contributed by atoms with E-state index in [1.165, 1.54) is 12.8 Å². The van der Waals surface area contributed by atoms with Crippen molar-refractivity contribution in [2.75, 3.05) is 32.8 Å². The Morgan fingerprint density at radius 1 is 1.08 bits per heavy atom. The Hall–Kier alpha value is -3.25. The molecule has 0 radical (unpaired) electrons. The molecule has 1 saturated heterocycles. The molecule has 1 fully saturated rings. The van der Waals surface area contributed by atoms with Gasteiger partial charge >= 0.3 is 0 Å². The number of amides is 1. The first-order valence-electron chi connectivity index (χ1n) is 13.2. The fourth-order valence-electron chi connectivity index (χ4n) is 5.18. The standard InChI is InChI=1S/C30H36N2O4/c1-22-9-11-27(36-26-7-3-2-4-8-26)19-24(22)20-30(33)31-25(21-32-13-5-6-14-32)17-23-10-12-28-29(18-23)35-16-15-34-28/h2-4,7-12,18-19,22,24-25H,5-6,13-17,20-21H2,1H3,(H,31,33)/t22?,24?,25-/m0/s1. The second-order valence-corrected chi connectivity index (χ2v) is 10.0. The Balaban J connectivity index is 1.23. The van der Waals surface area contributed by atoms with Crippen LogP contribution in [0.4, 0.5) is 0 Å². The highest BCUT2D eigenvalue weighted by Gasteiger charge is 2.25. The van der Waals surface area contributed by atoms with Crippen LogP contribution < -0.4 is 19.5 Å². The van der Waals surface area contributed by atoms with Crippen molar-refractivity contribution in [3.05, 3.63) is 78.1 Å². The summed E-state index contributed by atoms with van der Waals surface area (Å²) in [5.41, 5.74) is 1.15. The van der Waals surface area contributed by atoms with Crippen LogP contribution in [0.25, 0.3) is 0 Å². The van der Waals surface area contributed by atoms with Crippen LogP contribution in [0.1, 0.15) is 31.7 Å². The number of carbonyl (C=O) groups is 1. The number of hydrogen-bond donors (Lipinski definition) is 1. The molecule has 0 spiro atoms. The number of ether oxygens (including phenoxy) is 3. The molecule has 0 bridgehead atoms. The van der Waals surface area contributed by atoms with Crippen molar-refractivity contribution in [2.24, 2.45) is 11.8 Å². The summed E-state index contributed by atoms with van der Waals surface area (Å²) in [6.45, 7) is 6.37. The summed E-state index contributed by atoms with van der Waals surface area (Å²) in [6, 6.07) is 15.9. The molecule has 2 unspecified atom stereocenters. The number of likely N-dealkylation sites (tertiary alicyclic amines) is 1. The molecular weight excluding hydrogens is 452 g/mol. The molecule has 2 aromatic carbocycles. The maximum Gasteiger partial charge on any atom is 0.220 e. The molecule has 36 heavy (non-hydrogen) atoms. The highest BCUT2D eigenvalue weighted by atomic mass is 16.6. The zero-order chi connectivity index (χ0) is 24.7. The highest BCUT2D eigenvalue weighted by molar-refractivity contribution is 5.77. The Labute approximate surface area is 213 Å². The molecule has 1 aliphatic carbocycles. The van der Waals surface area contributed by atoms with E-state index in [1.807, 2.05) is 42.5 Å². The topological polar surface area (TPSA) is 60.0 Å². The van der Waals surface area contributed by atoms with Crippen molar-refractivity contribution in [3.8, 4) is 17.2 Å². The van der Waals surface area contributed by atoms with Crippen molar-refractivity contribution in [1.29, 1.82) is 0 Å². The van der Waals surface area contributed by atoms with E-state index in [0.717, 1.165) is 54.6 Å². The quantitative estimate of drug-likeness (QED) is 0.552. The number of hydrogen-bond acceptors (Lipinski definition) is 5. The van der Waals surface area contributed by atoms with E-state index in [0.29, 0.717) is 19.6 Å². The first-order valence-corrected chi connectivity index (χ1v) is 13.2. The fraction of sp³-hybridized carbons (Fsp3) is 0.433. The molecule has 3 aliphatic rings. The van der Waals surface area contributed by atoms with Gasteiger partial charge in [0, 0.05) is 19.0 Å². The number of allylic oxidation sites excluding steroid dienone is 3. The van der Waals surface area contributed by atoms with Gasteiger partial charge in [-0.2, -0.15) is 0 Å². The van der Waals surface area contributed by atoms with Gasteiger partial charge in [0.15, 0.2) is 11.5 Å². The van der Waals surface area contributed by atoms with Gasteiger partial charge < -0.3 is 24.4 Å². The Bertz CT molecular complexity index is 1090. The third-order valence-corrected chi connectivity index (χ3v) is 7.15. The molecule has 6 nitrogen and oxygen atoms in total. The Morgan fingerprint density at radius 3 is 2.67 bits per heavy atom. The van der Waals surface area contributed by atoms with Gasteiger partial charge in [-0.05, 0) is 86.2 Å². The maximum atomic E-state index is 13.3. The van der Waals surface area contributed by atoms with Gasteiger partial charge in [0.25, 0.3) is 0 Å². The van der Waals surface area contributed by atoms with Crippen molar-refractivity contribution in [3.63, 3.8) is 0 Å². The summed E-state index contributed by atoms with van der Waals surface area (Å²) in [4.78, 5) is 15.7. The predicted octanol–water partition coefficient (Wildman–Crippen LogP) is 4.76. The highest BCUT2D eigenvalue weighted by Crippen LogP contribution is 2.31. The minimum atomic E-state index is 0.0385. The number of benzene rings is 2. The molecule has 6 heteroatoms. The van der Waals surface area contributed by atoms with Gasteiger partial charge in [-0.1, -0.05) is 37.3 Å². The summed E-state index contributed by atoms with van der Waals surface area (Å²) in [7, 11) is 0. The molecule has 0 saturated carbocycles. The van der Waals surface area contributed by atoms with Crippen LogP contribution in [0, 0.1) is 11.8 Å². The van der Waals surface area contributed by atoms with E-state index in [2.05, 4.69) is 41.4 Å². The first kappa shape index (κ1) is 24.4. The predicted molar refractivity (Wildman–Crippen MR) is 140 cm³/mol. The third kappa shape index (κ3) is 6.49. The van der Waals surface area contributed by atoms with Crippen molar-refractivity contribution in [2.45, 2.75) is 38.6 Å². The van der Waals surface area contributed by atoms with Gasteiger partial charge in [0.05, 0.1) is 0 Å². The average Bonchev–Trinajstić information content (AvgIpc) is 3.39. The van der Waals surface area contributed by atoms with Gasteiger partial charge in [-0.15, -0.1) is 0 Å². The number of carbonyl (C=O) groups excluding carboxylic acids is 1. The zero-order valence-electron chi connectivity index (χ0n) is 21.0. The molecule has 0 aromatic heterocycles. The minimum Gasteiger partial charge on any atom is -0.486 e. The lowest BCUT2D eigenvalue weighted by atomic mass is 9.86. The Morgan fingerprint density at radius 2 is 1.86 bits per heavy atom. The summed E-state index contributed by atoms with van der Waals surface area (Å²) in [5, 5.41) is 3.36. The lowest BCUT2D eigenvalue weighted by Gasteiger charge is -2.27. The van der Waals surface area contributed by atoms with E-state index < -0.39 is 0 Å². The van der Waals surface area contributed by atoms with E-state index in [9.17, 15) is 4.79 Å². The minimum absolute atomic E-state index is 0.0385. The second kappa shape index (κ2) is 11.7. The third-order valence-electron chi connectivity index (χ3n) is 7.15. The van der Waals surface area contributed by atoms with Crippen molar-refractivity contribution in [1.82, 2.24) is 10.2 Å². The monoisotopic (exact) mass is 488 g/mol. The van der Waals surface area contributed by atoms with E-state index >= 15 is 0 Å². The van der Waals surface area contributed by atoms with Gasteiger partial charge in [0.2, 0.25) is 5.91 Å². The van der Waals surface area contributed by atoms with Gasteiger partial charge in [0.1, 0.15) is 24.7 Å². The van der Waals surface area contributed by atoms with Gasteiger partial charge in [-0.25, -0.2) is 0 Å². The first-order chi connectivity index (χ1) is 17.6. The normalized spacial score (nSPS) is 22.1.